The topological polar surface area (TPSA) is 51.0 Å². The van der Waals surface area contributed by atoms with Crippen LogP contribution in [0.15, 0.2) is 4.52 Å². The largest absolute Gasteiger partial charge is 0.339 e. The van der Waals surface area contributed by atoms with Gasteiger partial charge in [0, 0.05) is 19.0 Å². The molecule has 0 spiro atoms. The minimum atomic E-state index is 0.678. The smallest absolute Gasteiger partial charge is 0.227 e. The predicted molar refractivity (Wildman–Crippen MR) is 62.2 cm³/mol. The molecule has 1 aromatic heterocycles. The highest BCUT2D eigenvalue weighted by molar-refractivity contribution is 4.85. The summed E-state index contributed by atoms with van der Waals surface area (Å²) >= 11 is 0. The molecule has 1 N–H and O–H groups in total. The second-order valence-electron chi connectivity index (χ2n) is 4.81. The molecule has 1 aliphatic carbocycles. The van der Waals surface area contributed by atoms with Crippen LogP contribution in [0.3, 0.4) is 0 Å². The maximum Gasteiger partial charge on any atom is 0.227 e. The zero-order valence-electron chi connectivity index (χ0n) is 10.2. The fourth-order valence-corrected chi connectivity index (χ4v) is 2.43. The number of aromatic nitrogens is 2. The van der Waals surface area contributed by atoms with Crippen molar-refractivity contribution in [3.05, 3.63) is 11.7 Å². The quantitative estimate of drug-likeness (QED) is 0.849. The third-order valence-electron chi connectivity index (χ3n) is 3.43. The van der Waals surface area contributed by atoms with Gasteiger partial charge in [-0.2, -0.15) is 4.98 Å². The van der Waals surface area contributed by atoms with Gasteiger partial charge in [0.25, 0.3) is 0 Å². The van der Waals surface area contributed by atoms with E-state index in [0.29, 0.717) is 6.04 Å². The molecule has 0 aliphatic heterocycles. The standard InChI is InChI=1S/C12H21N3O/c1-9-5-3-4-6-11(9)13-8-7-12-14-10(2)15-16-12/h9,11,13H,3-8H2,1-2H3. The summed E-state index contributed by atoms with van der Waals surface area (Å²) in [7, 11) is 0. The lowest BCUT2D eigenvalue weighted by Gasteiger charge is -2.29. The van der Waals surface area contributed by atoms with Crippen LogP contribution >= 0.6 is 0 Å². The molecule has 1 saturated carbocycles. The Morgan fingerprint density at radius 1 is 1.38 bits per heavy atom. The maximum atomic E-state index is 5.08. The van der Waals surface area contributed by atoms with Gasteiger partial charge >= 0.3 is 0 Å². The maximum absolute atomic E-state index is 5.08. The number of aryl methyl sites for hydroxylation is 1. The van der Waals surface area contributed by atoms with Gasteiger partial charge in [0.1, 0.15) is 0 Å². The van der Waals surface area contributed by atoms with Crippen LogP contribution in [0.1, 0.15) is 44.3 Å². The van der Waals surface area contributed by atoms with Crippen molar-refractivity contribution in [1.82, 2.24) is 15.5 Å². The second-order valence-corrected chi connectivity index (χ2v) is 4.81. The molecule has 0 amide bonds. The molecule has 0 radical (unpaired) electrons. The Kier molecular flexibility index (Phi) is 3.93. The number of hydrogen-bond donors (Lipinski definition) is 1. The average Bonchev–Trinajstić information content (AvgIpc) is 2.67. The second kappa shape index (κ2) is 5.43. The third-order valence-corrected chi connectivity index (χ3v) is 3.43. The van der Waals surface area contributed by atoms with Crippen LogP contribution in [-0.4, -0.2) is 22.7 Å². The first-order valence-electron chi connectivity index (χ1n) is 6.28. The lowest BCUT2D eigenvalue weighted by Crippen LogP contribution is -2.38. The normalized spacial score (nSPS) is 25.9. The molecule has 1 fully saturated rings. The van der Waals surface area contributed by atoms with Gasteiger partial charge in [-0.05, 0) is 25.7 Å². The van der Waals surface area contributed by atoms with E-state index < -0.39 is 0 Å². The third kappa shape index (κ3) is 3.04. The molecule has 4 heteroatoms. The van der Waals surface area contributed by atoms with Crippen molar-refractivity contribution in [2.75, 3.05) is 6.54 Å². The highest BCUT2D eigenvalue weighted by Crippen LogP contribution is 2.23. The molecule has 0 saturated heterocycles. The van der Waals surface area contributed by atoms with Gasteiger partial charge in [-0.25, -0.2) is 0 Å². The predicted octanol–water partition coefficient (Wildman–Crippen LogP) is 2.09. The first-order valence-corrected chi connectivity index (χ1v) is 6.28. The van der Waals surface area contributed by atoms with E-state index in [4.69, 9.17) is 4.52 Å². The van der Waals surface area contributed by atoms with Gasteiger partial charge < -0.3 is 9.84 Å². The van der Waals surface area contributed by atoms with E-state index >= 15 is 0 Å². The van der Waals surface area contributed by atoms with E-state index in [2.05, 4.69) is 22.4 Å². The summed E-state index contributed by atoms with van der Waals surface area (Å²) in [4.78, 5) is 4.19. The van der Waals surface area contributed by atoms with Gasteiger partial charge in [0.05, 0.1) is 0 Å². The van der Waals surface area contributed by atoms with Crippen LogP contribution in [0, 0.1) is 12.8 Å². The van der Waals surface area contributed by atoms with Crippen LogP contribution in [0.25, 0.3) is 0 Å². The lowest BCUT2D eigenvalue weighted by molar-refractivity contribution is 0.278. The van der Waals surface area contributed by atoms with E-state index in [1.807, 2.05) is 6.92 Å². The van der Waals surface area contributed by atoms with Crippen LogP contribution in [0.4, 0.5) is 0 Å². The molecule has 4 nitrogen and oxygen atoms in total. The summed E-state index contributed by atoms with van der Waals surface area (Å²) in [6, 6.07) is 0.678. The Bertz CT molecular complexity index is 324. The van der Waals surface area contributed by atoms with E-state index in [1.54, 1.807) is 0 Å². The number of hydrogen-bond acceptors (Lipinski definition) is 4. The van der Waals surface area contributed by atoms with Gasteiger partial charge in [-0.15, -0.1) is 0 Å². The summed E-state index contributed by atoms with van der Waals surface area (Å²) in [6.45, 7) is 5.13. The Morgan fingerprint density at radius 3 is 2.88 bits per heavy atom. The summed E-state index contributed by atoms with van der Waals surface area (Å²) in [6.07, 6.45) is 6.26. The fourth-order valence-electron chi connectivity index (χ4n) is 2.43. The van der Waals surface area contributed by atoms with E-state index in [0.717, 1.165) is 30.6 Å². The molecule has 16 heavy (non-hydrogen) atoms. The Labute approximate surface area is 96.8 Å². The summed E-state index contributed by atoms with van der Waals surface area (Å²) in [5.74, 6) is 2.27. The van der Waals surface area contributed by atoms with E-state index in [-0.39, 0.29) is 0 Å². The summed E-state index contributed by atoms with van der Waals surface area (Å²) < 4.78 is 5.08. The van der Waals surface area contributed by atoms with Gasteiger partial charge in [-0.3, -0.25) is 0 Å². The molecule has 1 aliphatic rings. The molecule has 2 atom stereocenters. The Hall–Kier alpha value is -0.900. The van der Waals surface area contributed by atoms with Crippen molar-refractivity contribution in [2.24, 2.45) is 5.92 Å². The fraction of sp³-hybridized carbons (Fsp3) is 0.833. The molecular formula is C12H21N3O. The Morgan fingerprint density at radius 2 is 2.19 bits per heavy atom. The lowest BCUT2D eigenvalue weighted by atomic mass is 9.86. The first kappa shape index (κ1) is 11.6. The zero-order valence-corrected chi connectivity index (χ0v) is 10.2. The van der Waals surface area contributed by atoms with Crippen molar-refractivity contribution < 1.29 is 4.52 Å². The molecule has 1 aromatic rings. The van der Waals surface area contributed by atoms with Crippen molar-refractivity contribution in [3.8, 4) is 0 Å². The van der Waals surface area contributed by atoms with Crippen molar-refractivity contribution >= 4 is 0 Å². The van der Waals surface area contributed by atoms with Crippen molar-refractivity contribution in [3.63, 3.8) is 0 Å². The summed E-state index contributed by atoms with van der Waals surface area (Å²) in [5.41, 5.74) is 0. The van der Waals surface area contributed by atoms with Gasteiger partial charge in [0.15, 0.2) is 5.82 Å². The molecule has 2 rings (SSSR count). The molecule has 0 aromatic carbocycles. The highest BCUT2D eigenvalue weighted by Gasteiger charge is 2.20. The van der Waals surface area contributed by atoms with Crippen molar-refractivity contribution in [1.29, 1.82) is 0 Å². The number of nitrogens with one attached hydrogen (secondary N) is 1. The molecule has 1 heterocycles. The SMILES string of the molecule is Cc1noc(CCNC2CCCCC2C)n1. The average molecular weight is 223 g/mol. The molecule has 90 valence electrons. The minimum absolute atomic E-state index is 0.678. The van der Waals surface area contributed by atoms with Gasteiger partial charge in [0.2, 0.25) is 5.89 Å². The van der Waals surface area contributed by atoms with E-state index in [9.17, 15) is 0 Å². The number of nitrogens with zero attached hydrogens (tertiary/aromatic N) is 2. The van der Waals surface area contributed by atoms with E-state index in [1.165, 1.54) is 25.7 Å². The van der Waals surface area contributed by atoms with Gasteiger partial charge in [-0.1, -0.05) is 24.9 Å². The Balaban J connectivity index is 1.71. The monoisotopic (exact) mass is 223 g/mol. The molecule has 0 bridgehead atoms. The van der Waals surface area contributed by atoms with Crippen LogP contribution in [-0.2, 0) is 6.42 Å². The number of rotatable bonds is 4. The van der Waals surface area contributed by atoms with Crippen LogP contribution < -0.4 is 5.32 Å². The highest BCUT2D eigenvalue weighted by atomic mass is 16.5. The molecular weight excluding hydrogens is 202 g/mol. The van der Waals surface area contributed by atoms with Crippen LogP contribution in [0.5, 0.6) is 0 Å². The van der Waals surface area contributed by atoms with Crippen LogP contribution in [0.2, 0.25) is 0 Å². The zero-order chi connectivity index (χ0) is 11.4. The van der Waals surface area contributed by atoms with Crippen molar-refractivity contribution in [2.45, 2.75) is 52.0 Å². The molecule has 2 unspecified atom stereocenters. The minimum Gasteiger partial charge on any atom is -0.339 e. The summed E-state index contributed by atoms with van der Waals surface area (Å²) in [5, 5.41) is 7.38. The first-order chi connectivity index (χ1) is 7.75.